The van der Waals surface area contributed by atoms with Crippen molar-refractivity contribution < 1.29 is 14.3 Å². The van der Waals surface area contributed by atoms with Crippen LogP contribution in [0, 0.1) is 11.8 Å². The molecule has 3 saturated heterocycles. The summed E-state index contributed by atoms with van der Waals surface area (Å²) < 4.78 is 7.33. The predicted octanol–water partition coefficient (Wildman–Crippen LogP) is 3.56. The topological polar surface area (TPSA) is 64.4 Å². The van der Waals surface area contributed by atoms with Gasteiger partial charge in [-0.05, 0) is 30.5 Å². The molecule has 2 aromatic rings. The average molecular weight is 427 g/mol. The van der Waals surface area contributed by atoms with E-state index in [1.807, 2.05) is 6.07 Å². The number of anilines is 1. The van der Waals surface area contributed by atoms with Crippen molar-refractivity contribution in [1.29, 1.82) is 0 Å². The third-order valence-corrected chi connectivity index (χ3v) is 6.53. The summed E-state index contributed by atoms with van der Waals surface area (Å²) in [4.78, 5) is 26.9. The Morgan fingerprint density at radius 2 is 1.67 bits per heavy atom. The van der Waals surface area contributed by atoms with Gasteiger partial charge < -0.3 is 4.74 Å². The van der Waals surface area contributed by atoms with E-state index in [4.69, 9.17) is 39.5 Å². The molecule has 1 aromatic heterocycles. The molecule has 4 atom stereocenters. The normalized spacial score (nSPS) is 29.1. The molecular formula is C18H14Cl3N3O3. The smallest absolute Gasteiger partial charge is 0.241 e. The molecule has 3 aliphatic rings. The minimum atomic E-state index is -0.410. The molecule has 0 aliphatic carbocycles. The summed E-state index contributed by atoms with van der Waals surface area (Å²) in [5.41, 5.74) is 0.873. The number of carbonyl (C=O) groups excluding carboxylic acids is 2. The van der Waals surface area contributed by atoms with Crippen LogP contribution in [-0.2, 0) is 20.9 Å². The minimum absolute atomic E-state index is 0.168. The van der Waals surface area contributed by atoms with E-state index in [2.05, 4.69) is 5.10 Å². The van der Waals surface area contributed by atoms with Gasteiger partial charge in [0.1, 0.15) is 5.02 Å². The summed E-state index contributed by atoms with van der Waals surface area (Å²) in [6.07, 6.45) is 2.90. The van der Waals surface area contributed by atoms with Gasteiger partial charge in [0.2, 0.25) is 11.8 Å². The van der Waals surface area contributed by atoms with E-state index in [9.17, 15) is 9.59 Å². The molecule has 2 amide bonds. The highest BCUT2D eigenvalue weighted by Crippen LogP contribution is 2.49. The zero-order valence-corrected chi connectivity index (χ0v) is 16.2. The van der Waals surface area contributed by atoms with E-state index < -0.39 is 11.8 Å². The fourth-order valence-electron chi connectivity index (χ4n) is 4.37. The first-order valence-electron chi connectivity index (χ1n) is 8.64. The van der Waals surface area contributed by atoms with Crippen molar-refractivity contribution in [2.24, 2.45) is 11.8 Å². The lowest BCUT2D eigenvalue weighted by Gasteiger charge is -2.15. The van der Waals surface area contributed by atoms with Crippen molar-refractivity contribution in [3.8, 4) is 0 Å². The zero-order valence-electron chi connectivity index (χ0n) is 13.9. The number of halogens is 3. The van der Waals surface area contributed by atoms with Crippen molar-refractivity contribution in [2.45, 2.75) is 31.6 Å². The Labute approximate surface area is 169 Å². The lowest BCUT2D eigenvalue weighted by Crippen LogP contribution is -2.34. The van der Waals surface area contributed by atoms with Gasteiger partial charge in [0, 0.05) is 6.20 Å². The van der Waals surface area contributed by atoms with Gasteiger partial charge in [-0.3, -0.25) is 14.3 Å². The number of aromatic nitrogens is 2. The Morgan fingerprint density at radius 1 is 1.00 bits per heavy atom. The largest absolute Gasteiger partial charge is 0.373 e. The van der Waals surface area contributed by atoms with Crippen molar-refractivity contribution >= 4 is 52.4 Å². The summed E-state index contributed by atoms with van der Waals surface area (Å²) in [6.45, 7) is 0.383. The molecule has 2 bridgehead atoms. The number of fused-ring (bicyclic) bond motifs is 5. The van der Waals surface area contributed by atoms with E-state index in [1.165, 1.54) is 0 Å². The van der Waals surface area contributed by atoms with E-state index >= 15 is 0 Å². The number of amides is 2. The van der Waals surface area contributed by atoms with E-state index in [-0.39, 0.29) is 34.9 Å². The minimum Gasteiger partial charge on any atom is -0.373 e. The van der Waals surface area contributed by atoms with Gasteiger partial charge in [-0.15, -0.1) is 0 Å². The molecule has 140 valence electrons. The van der Waals surface area contributed by atoms with Crippen molar-refractivity contribution in [1.82, 2.24) is 9.78 Å². The van der Waals surface area contributed by atoms with Crippen LogP contribution in [0.1, 0.15) is 18.4 Å². The van der Waals surface area contributed by atoms with E-state index in [1.54, 1.807) is 23.0 Å². The number of carbonyl (C=O) groups is 2. The fourth-order valence-corrected chi connectivity index (χ4v) is 4.92. The van der Waals surface area contributed by atoms with Gasteiger partial charge in [-0.1, -0.05) is 40.9 Å². The first-order valence-corrected chi connectivity index (χ1v) is 9.77. The van der Waals surface area contributed by atoms with Gasteiger partial charge in [-0.2, -0.15) is 5.10 Å². The van der Waals surface area contributed by atoms with Crippen LogP contribution in [-0.4, -0.2) is 33.8 Å². The second-order valence-electron chi connectivity index (χ2n) is 7.10. The van der Waals surface area contributed by atoms with Crippen molar-refractivity contribution in [2.75, 3.05) is 4.90 Å². The molecule has 0 N–H and O–H groups in total. The Kier molecular flexibility index (Phi) is 4.02. The van der Waals surface area contributed by atoms with Gasteiger partial charge >= 0.3 is 0 Å². The third kappa shape index (κ3) is 2.62. The number of hydrogen-bond donors (Lipinski definition) is 0. The second-order valence-corrected chi connectivity index (χ2v) is 8.32. The van der Waals surface area contributed by atoms with E-state index in [0.29, 0.717) is 16.6 Å². The molecule has 1 aromatic carbocycles. The van der Waals surface area contributed by atoms with Gasteiger partial charge in [0.05, 0.1) is 40.6 Å². The van der Waals surface area contributed by atoms with Crippen LogP contribution in [0.5, 0.6) is 0 Å². The first-order chi connectivity index (χ1) is 12.9. The summed E-state index contributed by atoms with van der Waals surface area (Å²) in [5, 5.41) is 5.56. The first kappa shape index (κ1) is 17.5. The molecule has 0 spiro atoms. The van der Waals surface area contributed by atoms with Crippen molar-refractivity contribution in [3.63, 3.8) is 0 Å². The number of rotatable bonds is 3. The molecule has 6 nitrogen and oxygen atoms in total. The number of imide groups is 1. The maximum atomic E-state index is 12.9. The van der Waals surface area contributed by atoms with Crippen LogP contribution in [0.4, 0.5) is 5.82 Å². The van der Waals surface area contributed by atoms with Gasteiger partial charge in [0.15, 0.2) is 5.82 Å². The van der Waals surface area contributed by atoms with Crippen LogP contribution in [0.25, 0.3) is 0 Å². The highest BCUT2D eigenvalue weighted by molar-refractivity contribution is 6.42. The Morgan fingerprint density at radius 3 is 2.30 bits per heavy atom. The maximum Gasteiger partial charge on any atom is 0.241 e. The summed E-state index contributed by atoms with van der Waals surface area (Å²) in [7, 11) is 0. The van der Waals surface area contributed by atoms with Gasteiger partial charge in [0.25, 0.3) is 0 Å². The molecular weight excluding hydrogens is 413 g/mol. The van der Waals surface area contributed by atoms with Crippen LogP contribution in [0.3, 0.4) is 0 Å². The molecule has 0 radical (unpaired) electrons. The predicted molar refractivity (Wildman–Crippen MR) is 100 cm³/mol. The quantitative estimate of drug-likeness (QED) is 0.704. The second kappa shape index (κ2) is 6.21. The molecule has 3 fully saturated rings. The molecule has 3 aliphatic heterocycles. The van der Waals surface area contributed by atoms with Crippen LogP contribution >= 0.6 is 34.8 Å². The Balaban J connectivity index is 1.44. The Bertz CT molecular complexity index is 948. The number of nitrogens with zero attached hydrogens (tertiary/aromatic N) is 3. The zero-order chi connectivity index (χ0) is 18.9. The van der Waals surface area contributed by atoms with E-state index in [0.717, 1.165) is 23.3 Å². The number of ether oxygens (including phenoxy) is 1. The maximum absolute atomic E-state index is 12.9. The molecule has 4 heterocycles. The monoisotopic (exact) mass is 425 g/mol. The Hall–Kier alpha value is -1.60. The van der Waals surface area contributed by atoms with Crippen LogP contribution in [0.2, 0.25) is 15.1 Å². The lowest BCUT2D eigenvalue weighted by atomic mass is 9.81. The number of benzene rings is 1. The van der Waals surface area contributed by atoms with Crippen LogP contribution in [0.15, 0.2) is 24.4 Å². The SMILES string of the molecule is O=C1[C@@H]2[C@H](C(=O)N1c1nn(Cc3ccc(Cl)c(Cl)c3)cc1Cl)[C@H]1CC[C@@H]2O1. The van der Waals surface area contributed by atoms with Crippen LogP contribution < -0.4 is 4.90 Å². The lowest BCUT2D eigenvalue weighted by molar-refractivity contribution is -0.124. The molecule has 5 rings (SSSR count). The molecule has 0 saturated carbocycles. The summed E-state index contributed by atoms with van der Waals surface area (Å²) in [5.74, 6) is -1.17. The summed E-state index contributed by atoms with van der Waals surface area (Å²) >= 11 is 18.3. The molecule has 27 heavy (non-hydrogen) atoms. The number of hydrogen-bond acceptors (Lipinski definition) is 4. The van der Waals surface area contributed by atoms with Crippen molar-refractivity contribution in [3.05, 3.63) is 45.0 Å². The van der Waals surface area contributed by atoms with Gasteiger partial charge in [-0.25, -0.2) is 4.90 Å². The summed E-state index contributed by atoms with van der Waals surface area (Å²) in [6, 6.07) is 5.27. The molecule has 9 heteroatoms. The standard InChI is InChI=1S/C18H14Cl3N3O3/c19-9-2-1-8(5-10(9)20)6-23-7-11(21)16(22-23)24-17(25)14-12-3-4-13(27-12)15(14)18(24)26/h1-2,5,7,12-15H,3-4,6H2/t12-,13+,14-,15+. The fraction of sp³-hybridized carbons (Fsp3) is 0.389. The average Bonchev–Trinajstić information content (AvgIpc) is 3.36. The molecule has 0 unspecified atom stereocenters. The highest BCUT2D eigenvalue weighted by atomic mass is 35.5. The third-order valence-electron chi connectivity index (χ3n) is 5.52. The highest BCUT2D eigenvalue weighted by Gasteiger charge is 2.63.